The zero-order valence-electron chi connectivity index (χ0n) is 10.7. The Morgan fingerprint density at radius 3 is 2.41 bits per heavy atom. The Morgan fingerprint density at radius 1 is 1.35 bits per heavy atom. The number of rotatable bonds is 5. The van der Waals surface area contributed by atoms with Gasteiger partial charge in [-0.05, 0) is 44.9 Å². The number of benzene rings is 1. The topological polar surface area (TPSA) is 59.0 Å². The molecule has 1 aromatic carbocycles. The van der Waals surface area contributed by atoms with Crippen molar-refractivity contribution in [3.05, 3.63) is 29.8 Å². The Labute approximate surface area is 103 Å². The van der Waals surface area contributed by atoms with E-state index in [-0.39, 0.29) is 11.5 Å². The molecule has 0 aliphatic rings. The molecule has 1 aromatic rings. The van der Waals surface area contributed by atoms with Gasteiger partial charge in [0.05, 0.1) is 18.1 Å². The second kappa shape index (κ2) is 5.70. The molecule has 1 atom stereocenters. The van der Waals surface area contributed by atoms with Gasteiger partial charge in [-0.2, -0.15) is 5.26 Å². The lowest BCUT2D eigenvalue weighted by Crippen LogP contribution is -2.13. The molecule has 0 aliphatic heterocycles. The third-order valence-corrected chi connectivity index (χ3v) is 2.70. The molecule has 1 rings (SSSR count). The summed E-state index contributed by atoms with van der Waals surface area (Å²) >= 11 is 0. The molecule has 0 bridgehead atoms. The second-order valence-electron chi connectivity index (χ2n) is 4.95. The monoisotopic (exact) mass is 232 g/mol. The van der Waals surface area contributed by atoms with Gasteiger partial charge in [0.2, 0.25) is 0 Å². The van der Waals surface area contributed by atoms with E-state index in [4.69, 9.17) is 15.7 Å². The van der Waals surface area contributed by atoms with Crippen molar-refractivity contribution in [2.45, 2.75) is 33.2 Å². The first-order valence-corrected chi connectivity index (χ1v) is 5.84. The molecular weight excluding hydrogens is 212 g/mol. The molecular formula is C14H20N2O. The average Bonchev–Trinajstić information content (AvgIpc) is 2.29. The van der Waals surface area contributed by atoms with Crippen LogP contribution in [0.5, 0.6) is 5.75 Å². The first-order valence-electron chi connectivity index (χ1n) is 5.84. The number of hydrogen-bond acceptors (Lipinski definition) is 3. The van der Waals surface area contributed by atoms with Gasteiger partial charge in [-0.3, -0.25) is 0 Å². The van der Waals surface area contributed by atoms with Gasteiger partial charge in [-0.15, -0.1) is 0 Å². The third kappa shape index (κ3) is 4.46. The lowest BCUT2D eigenvalue weighted by molar-refractivity contribution is 0.264. The van der Waals surface area contributed by atoms with E-state index >= 15 is 0 Å². The quantitative estimate of drug-likeness (QED) is 0.848. The Bertz CT molecular complexity index is 388. The van der Waals surface area contributed by atoms with Crippen LogP contribution < -0.4 is 10.5 Å². The SMILES string of the molecule is CC(N)c1ccc(OCCC(C)(C)C#N)cc1. The minimum Gasteiger partial charge on any atom is -0.494 e. The van der Waals surface area contributed by atoms with Crippen LogP contribution in [0.15, 0.2) is 24.3 Å². The normalized spacial score (nSPS) is 12.9. The van der Waals surface area contributed by atoms with E-state index in [1.807, 2.05) is 45.0 Å². The molecule has 17 heavy (non-hydrogen) atoms. The number of nitrogens with two attached hydrogens (primary N) is 1. The summed E-state index contributed by atoms with van der Waals surface area (Å²) in [6.45, 7) is 6.33. The number of nitriles is 1. The molecule has 0 fully saturated rings. The summed E-state index contributed by atoms with van der Waals surface area (Å²) in [5, 5.41) is 8.87. The fraction of sp³-hybridized carbons (Fsp3) is 0.500. The van der Waals surface area contributed by atoms with Gasteiger partial charge in [-0.1, -0.05) is 12.1 Å². The van der Waals surface area contributed by atoms with E-state index in [1.54, 1.807) is 0 Å². The summed E-state index contributed by atoms with van der Waals surface area (Å²) in [5.74, 6) is 0.822. The minimum atomic E-state index is -0.328. The predicted molar refractivity (Wildman–Crippen MR) is 68.6 cm³/mol. The van der Waals surface area contributed by atoms with Gasteiger partial charge in [0.15, 0.2) is 0 Å². The molecule has 1 unspecified atom stereocenters. The molecule has 0 radical (unpaired) electrons. The number of nitrogens with zero attached hydrogens (tertiary/aromatic N) is 1. The molecule has 0 heterocycles. The molecule has 0 saturated heterocycles. The maximum Gasteiger partial charge on any atom is 0.119 e. The van der Waals surface area contributed by atoms with Crippen LogP contribution in [0.3, 0.4) is 0 Å². The second-order valence-corrected chi connectivity index (χ2v) is 4.95. The smallest absolute Gasteiger partial charge is 0.119 e. The maximum atomic E-state index is 8.87. The van der Waals surface area contributed by atoms with Crippen molar-refractivity contribution in [1.82, 2.24) is 0 Å². The first kappa shape index (κ1) is 13.5. The van der Waals surface area contributed by atoms with E-state index in [0.717, 1.165) is 17.7 Å². The molecule has 92 valence electrons. The number of hydrogen-bond donors (Lipinski definition) is 1. The van der Waals surface area contributed by atoms with Crippen molar-refractivity contribution in [3.63, 3.8) is 0 Å². The minimum absolute atomic E-state index is 0.0431. The van der Waals surface area contributed by atoms with Crippen molar-refractivity contribution >= 4 is 0 Å². The van der Waals surface area contributed by atoms with Crippen LogP contribution in [-0.4, -0.2) is 6.61 Å². The Kier molecular flexibility index (Phi) is 4.53. The van der Waals surface area contributed by atoms with Crippen LogP contribution in [0, 0.1) is 16.7 Å². The molecule has 0 amide bonds. The average molecular weight is 232 g/mol. The highest BCUT2D eigenvalue weighted by Gasteiger charge is 2.16. The zero-order chi connectivity index (χ0) is 12.9. The van der Waals surface area contributed by atoms with E-state index in [1.165, 1.54) is 0 Å². The molecule has 2 N–H and O–H groups in total. The standard InChI is InChI=1S/C14H20N2O/c1-11(16)12-4-6-13(7-5-12)17-9-8-14(2,3)10-15/h4-7,11H,8-9,16H2,1-3H3. The highest BCUT2D eigenvalue weighted by Crippen LogP contribution is 2.20. The maximum absolute atomic E-state index is 8.87. The van der Waals surface area contributed by atoms with Gasteiger partial charge < -0.3 is 10.5 Å². The molecule has 3 heteroatoms. The van der Waals surface area contributed by atoms with Gasteiger partial charge in [0, 0.05) is 6.04 Å². The molecule has 3 nitrogen and oxygen atoms in total. The summed E-state index contributed by atoms with van der Waals surface area (Å²) < 4.78 is 5.59. The summed E-state index contributed by atoms with van der Waals surface area (Å²) in [7, 11) is 0. The van der Waals surface area contributed by atoms with Crippen LogP contribution in [0.4, 0.5) is 0 Å². The Hall–Kier alpha value is -1.53. The summed E-state index contributed by atoms with van der Waals surface area (Å²) in [6.07, 6.45) is 0.721. The molecule has 0 aromatic heterocycles. The van der Waals surface area contributed by atoms with Crippen molar-refractivity contribution in [2.75, 3.05) is 6.61 Å². The Balaban J connectivity index is 2.46. The highest BCUT2D eigenvalue weighted by molar-refractivity contribution is 5.28. The third-order valence-electron chi connectivity index (χ3n) is 2.70. The summed E-state index contributed by atoms with van der Waals surface area (Å²) in [4.78, 5) is 0. The summed E-state index contributed by atoms with van der Waals surface area (Å²) in [5.41, 5.74) is 6.53. The van der Waals surface area contributed by atoms with Crippen molar-refractivity contribution in [1.29, 1.82) is 5.26 Å². The van der Waals surface area contributed by atoms with Crippen LogP contribution in [0.2, 0.25) is 0 Å². The van der Waals surface area contributed by atoms with E-state index in [9.17, 15) is 0 Å². The summed E-state index contributed by atoms with van der Waals surface area (Å²) in [6, 6.07) is 10.1. The fourth-order valence-corrected chi connectivity index (χ4v) is 1.35. The van der Waals surface area contributed by atoms with Crippen molar-refractivity contribution in [3.8, 4) is 11.8 Å². The lowest BCUT2D eigenvalue weighted by atomic mass is 9.92. The molecule has 0 spiro atoms. The van der Waals surface area contributed by atoms with Gasteiger partial charge >= 0.3 is 0 Å². The first-order chi connectivity index (χ1) is 7.94. The molecule has 0 aliphatic carbocycles. The predicted octanol–water partition coefficient (Wildman–Crippen LogP) is 3.02. The number of ether oxygens (including phenoxy) is 1. The molecule has 0 saturated carbocycles. The van der Waals surface area contributed by atoms with Crippen molar-refractivity contribution < 1.29 is 4.74 Å². The van der Waals surface area contributed by atoms with Gasteiger partial charge in [0.25, 0.3) is 0 Å². The largest absolute Gasteiger partial charge is 0.494 e. The van der Waals surface area contributed by atoms with Crippen LogP contribution in [-0.2, 0) is 0 Å². The lowest BCUT2D eigenvalue weighted by Gasteiger charge is -2.15. The van der Waals surface area contributed by atoms with Crippen LogP contribution >= 0.6 is 0 Å². The van der Waals surface area contributed by atoms with Crippen molar-refractivity contribution in [2.24, 2.45) is 11.1 Å². The van der Waals surface area contributed by atoms with Crippen LogP contribution in [0.25, 0.3) is 0 Å². The van der Waals surface area contributed by atoms with E-state index in [2.05, 4.69) is 6.07 Å². The van der Waals surface area contributed by atoms with Gasteiger partial charge in [0.1, 0.15) is 5.75 Å². The van der Waals surface area contributed by atoms with Crippen LogP contribution in [0.1, 0.15) is 38.8 Å². The van der Waals surface area contributed by atoms with Gasteiger partial charge in [-0.25, -0.2) is 0 Å². The van der Waals surface area contributed by atoms with E-state index in [0.29, 0.717) is 6.61 Å². The highest BCUT2D eigenvalue weighted by atomic mass is 16.5. The Morgan fingerprint density at radius 2 is 1.94 bits per heavy atom. The van der Waals surface area contributed by atoms with E-state index < -0.39 is 0 Å². The fourth-order valence-electron chi connectivity index (χ4n) is 1.35. The zero-order valence-corrected chi connectivity index (χ0v) is 10.7.